The number of nitrogens with one attached hydrogen (secondary N) is 1. The van der Waals surface area contributed by atoms with Gasteiger partial charge in [-0.15, -0.1) is 0 Å². The Labute approximate surface area is 113 Å². The number of hydrogen-bond acceptors (Lipinski definition) is 6. The lowest BCUT2D eigenvalue weighted by Crippen LogP contribution is -2.42. The van der Waals surface area contributed by atoms with Crippen molar-refractivity contribution in [1.82, 2.24) is 20.4 Å². The van der Waals surface area contributed by atoms with Crippen LogP contribution in [-0.4, -0.2) is 47.3 Å². The third-order valence-electron chi connectivity index (χ3n) is 3.86. The van der Waals surface area contributed by atoms with Gasteiger partial charge >= 0.3 is 0 Å². The zero-order valence-electron chi connectivity index (χ0n) is 11.5. The summed E-state index contributed by atoms with van der Waals surface area (Å²) in [5.41, 5.74) is 0. The zero-order valence-corrected chi connectivity index (χ0v) is 11.5. The van der Waals surface area contributed by atoms with Crippen LogP contribution in [0, 0.1) is 0 Å². The molecule has 2 unspecified atom stereocenters. The molecule has 19 heavy (non-hydrogen) atoms. The van der Waals surface area contributed by atoms with E-state index in [2.05, 4.69) is 27.3 Å². The molecule has 6 nitrogen and oxygen atoms in total. The molecule has 2 aliphatic rings. The predicted molar refractivity (Wildman–Crippen MR) is 69.6 cm³/mol. The summed E-state index contributed by atoms with van der Waals surface area (Å²) in [7, 11) is 0. The maximum absolute atomic E-state index is 5.87. The van der Waals surface area contributed by atoms with Crippen LogP contribution in [0.1, 0.15) is 44.0 Å². The van der Waals surface area contributed by atoms with E-state index in [1.165, 1.54) is 19.4 Å². The van der Waals surface area contributed by atoms with Gasteiger partial charge in [-0.25, -0.2) is 0 Å². The summed E-state index contributed by atoms with van der Waals surface area (Å²) in [5.74, 6) is 1.34. The van der Waals surface area contributed by atoms with Crippen molar-refractivity contribution >= 4 is 0 Å². The monoisotopic (exact) mass is 266 g/mol. The number of rotatable bonds is 5. The topological polar surface area (TPSA) is 63.4 Å². The van der Waals surface area contributed by atoms with E-state index in [-0.39, 0.29) is 6.10 Å². The largest absolute Gasteiger partial charge is 0.367 e. The van der Waals surface area contributed by atoms with Crippen molar-refractivity contribution in [2.45, 2.75) is 44.9 Å². The zero-order chi connectivity index (χ0) is 13.1. The van der Waals surface area contributed by atoms with Crippen molar-refractivity contribution in [3.8, 4) is 0 Å². The van der Waals surface area contributed by atoms with Gasteiger partial charge in [-0.05, 0) is 32.4 Å². The highest BCUT2D eigenvalue weighted by Crippen LogP contribution is 2.28. The minimum atomic E-state index is -0.0296. The number of hydrogen-bond donors (Lipinski definition) is 1. The molecule has 0 radical (unpaired) electrons. The Hall–Kier alpha value is -0.980. The molecule has 1 aromatic rings. The maximum atomic E-state index is 5.87. The van der Waals surface area contributed by atoms with Gasteiger partial charge in [0.05, 0.1) is 13.2 Å². The summed E-state index contributed by atoms with van der Waals surface area (Å²) >= 11 is 0. The number of ether oxygens (including phenoxy) is 1. The predicted octanol–water partition coefficient (Wildman–Crippen LogP) is 1.10. The first-order valence-corrected chi connectivity index (χ1v) is 7.25. The van der Waals surface area contributed by atoms with Crippen molar-refractivity contribution in [2.24, 2.45) is 0 Å². The van der Waals surface area contributed by atoms with Gasteiger partial charge in [-0.3, -0.25) is 4.90 Å². The quantitative estimate of drug-likeness (QED) is 0.805. The highest BCUT2D eigenvalue weighted by molar-refractivity contribution is 4.96. The van der Waals surface area contributed by atoms with Crippen LogP contribution < -0.4 is 5.32 Å². The fourth-order valence-corrected chi connectivity index (χ4v) is 2.82. The molecular formula is C13H22N4O2. The second-order valence-electron chi connectivity index (χ2n) is 5.34. The van der Waals surface area contributed by atoms with Crippen LogP contribution in [0.5, 0.6) is 0 Å². The van der Waals surface area contributed by atoms with Gasteiger partial charge in [0.15, 0.2) is 0 Å². The molecule has 1 N–H and O–H groups in total. The molecule has 2 aliphatic heterocycles. The molecule has 0 bridgehead atoms. The molecule has 3 rings (SSSR count). The van der Waals surface area contributed by atoms with Crippen LogP contribution in [-0.2, 0) is 11.3 Å². The first kappa shape index (κ1) is 13.0. The second kappa shape index (κ2) is 5.98. The summed E-state index contributed by atoms with van der Waals surface area (Å²) in [6.07, 6.45) is 3.60. The lowest BCUT2D eigenvalue weighted by molar-refractivity contribution is -0.0548. The van der Waals surface area contributed by atoms with E-state index in [9.17, 15) is 0 Å². The number of fused-ring (bicyclic) bond motifs is 1. The lowest BCUT2D eigenvalue weighted by Gasteiger charge is -2.33. The van der Waals surface area contributed by atoms with Gasteiger partial charge in [-0.2, -0.15) is 4.98 Å². The summed E-state index contributed by atoms with van der Waals surface area (Å²) in [6.45, 7) is 6.60. The molecule has 0 saturated carbocycles. The average Bonchev–Trinajstić information content (AvgIpc) is 3.06. The normalized spacial score (nSPS) is 27.6. The summed E-state index contributed by atoms with van der Waals surface area (Å²) in [5, 5.41) is 7.31. The molecule has 2 atom stereocenters. The highest BCUT2D eigenvalue weighted by atomic mass is 16.5. The van der Waals surface area contributed by atoms with Gasteiger partial charge in [-0.1, -0.05) is 12.1 Å². The van der Waals surface area contributed by atoms with Crippen LogP contribution in [0.15, 0.2) is 4.52 Å². The molecule has 0 aromatic carbocycles. The second-order valence-corrected chi connectivity index (χ2v) is 5.34. The third kappa shape index (κ3) is 2.96. The smallest absolute Gasteiger partial charge is 0.240 e. The van der Waals surface area contributed by atoms with E-state index in [4.69, 9.17) is 9.26 Å². The molecule has 0 amide bonds. The molecule has 1 aromatic heterocycles. The Balaban J connectivity index is 1.56. The minimum absolute atomic E-state index is 0.0296. The Morgan fingerprint density at radius 1 is 1.47 bits per heavy atom. The standard InChI is InChI=1S/C13H22N4O2/c1-2-5-14-7-12-15-13(16-19-12)11-8-17-6-3-4-10(17)9-18-11/h10-11,14H,2-9H2,1H3. The molecule has 2 fully saturated rings. The lowest BCUT2D eigenvalue weighted by atomic mass is 10.2. The molecule has 2 saturated heterocycles. The summed E-state index contributed by atoms with van der Waals surface area (Å²) in [6, 6.07) is 0.605. The summed E-state index contributed by atoms with van der Waals surface area (Å²) < 4.78 is 11.1. The van der Waals surface area contributed by atoms with Gasteiger partial charge in [0.1, 0.15) is 6.10 Å². The average molecular weight is 266 g/mol. The summed E-state index contributed by atoms with van der Waals surface area (Å²) in [4.78, 5) is 6.91. The van der Waals surface area contributed by atoms with Gasteiger partial charge in [0, 0.05) is 12.6 Å². The molecule has 3 heterocycles. The van der Waals surface area contributed by atoms with Crippen molar-refractivity contribution in [1.29, 1.82) is 0 Å². The minimum Gasteiger partial charge on any atom is -0.367 e. The fraction of sp³-hybridized carbons (Fsp3) is 0.846. The SMILES string of the molecule is CCCNCc1nc(C2CN3CCCC3CO2)no1. The van der Waals surface area contributed by atoms with Gasteiger partial charge < -0.3 is 14.6 Å². The van der Waals surface area contributed by atoms with Crippen LogP contribution >= 0.6 is 0 Å². The van der Waals surface area contributed by atoms with Crippen molar-refractivity contribution in [2.75, 3.05) is 26.2 Å². The maximum Gasteiger partial charge on any atom is 0.240 e. The van der Waals surface area contributed by atoms with Crippen molar-refractivity contribution < 1.29 is 9.26 Å². The number of aromatic nitrogens is 2. The number of nitrogens with zero attached hydrogens (tertiary/aromatic N) is 3. The van der Waals surface area contributed by atoms with E-state index in [1.54, 1.807) is 0 Å². The van der Waals surface area contributed by atoms with E-state index >= 15 is 0 Å². The Morgan fingerprint density at radius 3 is 3.32 bits per heavy atom. The van der Waals surface area contributed by atoms with Crippen molar-refractivity contribution in [3.05, 3.63) is 11.7 Å². The molecule has 0 aliphatic carbocycles. The third-order valence-corrected chi connectivity index (χ3v) is 3.86. The van der Waals surface area contributed by atoms with Crippen LogP contribution in [0.3, 0.4) is 0 Å². The van der Waals surface area contributed by atoms with Crippen LogP contribution in [0.2, 0.25) is 0 Å². The van der Waals surface area contributed by atoms with Gasteiger partial charge in [0.2, 0.25) is 11.7 Å². The van der Waals surface area contributed by atoms with Crippen LogP contribution in [0.4, 0.5) is 0 Å². The van der Waals surface area contributed by atoms with E-state index in [0.29, 0.717) is 24.3 Å². The first-order chi connectivity index (χ1) is 9.36. The van der Waals surface area contributed by atoms with Crippen molar-refractivity contribution in [3.63, 3.8) is 0 Å². The van der Waals surface area contributed by atoms with E-state index in [0.717, 1.165) is 26.1 Å². The molecule has 6 heteroatoms. The Bertz CT molecular complexity index is 409. The van der Waals surface area contributed by atoms with Gasteiger partial charge in [0.25, 0.3) is 0 Å². The van der Waals surface area contributed by atoms with Crippen LogP contribution in [0.25, 0.3) is 0 Å². The number of morpholine rings is 1. The molecule has 0 spiro atoms. The molecular weight excluding hydrogens is 244 g/mol. The van der Waals surface area contributed by atoms with E-state index in [1.807, 2.05) is 0 Å². The van der Waals surface area contributed by atoms with E-state index < -0.39 is 0 Å². The highest BCUT2D eigenvalue weighted by Gasteiger charge is 2.34. The first-order valence-electron chi connectivity index (χ1n) is 7.25. The fourth-order valence-electron chi connectivity index (χ4n) is 2.82. The molecule has 106 valence electrons. The Kier molecular flexibility index (Phi) is 4.10. The Morgan fingerprint density at radius 2 is 2.42 bits per heavy atom.